The van der Waals surface area contributed by atoms with Gasteiger partial charge >= 0.3 is 0 Å². The first-order valence-corrected chi connectivity index (χ1v) is 8.01. The van der Waals surface area contributed by atoms with Gasteiger partial charge in [0, 0.05) is 26.2 Å². The molecule has 0 aromatic rings. The minimum atomic E-state index is 0. The molecule has 2 saturated heterocycles. The topological polar surface area (TPSA) is 61.4 Å². The summed E-state index contributed by atoms with van der Waals surface area (Å²) >= 11 is 0. The third-order valence-electron chi connectivity index (χ3n) is 4.78. The summed E-state index contributed by atoms with van der Waals surface area (Å²) in [5.74, 6) is 1.24. The zero-order valence-corrected chi connectivity index (χ0v) is 13.3. The third-order valence-corrected chi connectivity index (χ3v) is 4.78. The average Bonchev–Trinajstić information content (AvgIpc) is 3.15. The largest absolute Gasteiger partial charge is 0.356 e. The molecule has 21 heavy (non-hydrogen) atoms. The standard InChI is InChI=1S/C15H25N3O2.ClH/c19-14(17-8-11-3-4-11)13-2-1-7-18(10-13)15(20)12-5-6-16-9-12;/h11-13,16H,1-10H2,(H,17,19);1H. The second-order valence-electron chi connectivity index (χ2n) is 6.50. The highest BCUT2D eigenvalue weighted by molar-refractivity contribution is 5.85. The number of hydrogen-bond acceptors (Lipinski definition) is 3. The van der Waals surface area contributed by atoms with Crippen molar-refractivity contribution in [3.8, 4) is 0 Å². The van der Waals surface area contributed by atoms with Gasteiger partial charge in [0.25, 0.3) is 0 Å². The van der Waals surface area contributed by atoms with Gasteiger partial charge in [0.05, 0.1) is 11.8 Å². The minimum Gasteiger partial charge on any atom is -0.356 e. The number of piperidine rings is 1. The fourth-order valence-electron chi connectivity index (χ4n) is 3.23. The van der Waals surface area contributed by atoms with E-state index in [1.165, 1.54) is 12.8 Å². The fourth-order valence-corrected chi connectivity index (χ4v) is 3.23. The third kappa shape index (κ3) is 4.33. The summed E-state index contributed by atoms with van der Waals surface area (Å²) in [7, 11) is 0. The van der Waals surface area contributed by atoms with Crippen molar-refractivity contribution in [1.29, 1.82) is 0 Å². The van der Waals surface area contributed by atoms with Gasteiger partial charge in [-0.2, -0.15) is 0 Å². The number of nitrogens with one attached hydrogen (secondary N) is 2. The second kappa shape index (κ2) is 7.45. The van der Waals surface area contributed by atoms with Crippen LogP contribution in [0.3, 0.4) is 0 Å². The van der Waals surface area contributed by atoms with Crippen molar-refractivity contribution in [3.05, 3.63) is 0 Å². The first-order chi connectivity index (χ1) is 9.74. The Bertz CT molecular complexity index is 381. The van der Waals surface area contributed by atoms with Crippen molar-refractivity contribution in [2.24, 2.45) is 17.8 Å². The Morgan fingerprint density at radius 2 is 1.95 bits per heavy atom. The van der Waals surface area contributed by atoms with Gasteiger partial charge in [0.2, 0.25) is 11.8 Å². The Balaban J connectivity index is 0.00000161. The maximum atomic E-state index is 12.4. The zero-order chi connectivity index (χ0) is 13.9. The molecule has 0 aromatic carbocycles. The van der Waals surface area contributed by atoms with Crippen molar-refractivity contribution >= 4 is 24.2 Å². The lowest BCUT2D eigenvalue weighted by Gasteiger charge is -2.33. The lowest BCUT2D eigenvalue weighted by molar-refractivity contribution is -0.138. The molecular weight excluding hydrogens is 290 g/mol. The first-order valence-electron chi connectivity index (χ1n) is 8.01. The molecule has 3 aliphatic rings. The Morgan fingerprint density at radius 1 is 1.14 bits per heavy atom. The summed E-state index contributed by atoms with van der Waals surface area (Å²) in [5.41, 5.74) is 0. The first kappa shape index (κ1) is 16.6. The van der Waals surface area contributed by atoms with E-state index in [0.717, 1.165) is 45.4 Å². The van der Waals surface area contributed by atoms with E-state index in [9.17, 15) is 9.59 Å². The molecule has 2 aliphatic heterocycles. The van der Waals surface area contributed by atoms with E-state index in [1.54, 1.807) is 0 Å². The number of amides is 2. The highest BCUT2D eigenvalue weighted by Gasteiger charge is 2.33. The number of carbonyl (C=O) groups is 2. The van der Waals surface area contributed by atoms with Crippen molar-refractivity contribution in [2.45, 2.75) is 32.1 Å². The molecule has 0 bridgehead atoms. The molecule has 120 valence electrons. The molecule has 1 aliphatic carbocycles. The van der Waals surface area contributed by atoms with E-state index in [2.05, 4.69) is 10.6 Å². The van der Waals surface area contributed by atoms with Gasteiger partial charge in [-0.05, 0) is 44.6 Å². The number of rotatable bonds is 4. The van der Waals surface area contributed by atoms with E-state index >= 15 is 0 Å². The molecule has 0 spiro atoms. The normalized spacial score (nSPS) is 28.9. The molecule has 3 rings (SSSR count). The van der Waals surface area contributed by atoms with E-state index in [0.29, 0.717) is 12.5 Å². The van der Waals surface area contributed by atoms with E-state index < -0.39 is 0 Å². The van der Waals surface area contributed by atoms with Crippen molar-refractivity contribution in [1.82, 2.24) is 15.5 Å². The minimum absolute atomic E-state index is 0. The van der Waals surface area contributed by atoms with E-state index in [4.69, 9.17) is 0 Å². The Morgan fingerprint density at radius 3 is 2.62 bits per heavy atom. The molecule has 2 N–H and O–H groups in total. The fraction of sp³-hybridized carbons (Fsp3) is 0.867. The number of hydrogen-bond donors (Lipinski definition) is 2. The van der Waals surface area contributed by atoms with Crippen LogP contribution in [0.4, 0.5) is 0 Å². The lowest BCUT2D eigenvalue weighted by Crippen LogP contribution is -2.47. The zero-order valence-electron chi connectivity index (χ0n) is 12.5. The monoisotopic (exact) mass is 315 g/mol. The molecule has 0 aromatic heterocycles. The molecule has 2 amide bonds. The van der Waals surface area contributed by atoms with Crippen LogP contribution < -0.4 is 10.6 Å². The predicted octanol–water partition coefficient (Wildman–Crippen LogP) is 0.783. The van der Waals surface area contributed by atoms with Crippen molar-refractivity contribution < 1.29 is 9.59 Å². The molecule has 3 fully saturated rings. The lowest BCUT2D eigenvalue weighted by atomic mass is 9.95. The second-order valence-corrected chi connectivity index (χ2v) is 6.50. The summed E-state index contributed by atoms with van der Waals surface area (Å²) in [6.45, 7) is 4.01. The molecule has 5 nitrogen and oxygen atoms in total. The number of carbonyl (C=O) groups excluding carboxylic acids is 2. The maximum Gasteiger partial charge on any atom is 0.227 e. The molecule has 1 saturated carbocycles. The van der Waals surface area contributed by atoms with Crippen molar-refractivity contribution in [3.63, 3.8) is 0 Å². The highest BCUT2D eigenvalue weighted by atomic mass is 35.5. The number of halogens is 1. The van der Waals surface area contributed by atoms with E-state index in [-0.39, 0.29) is 36.1 Å². The SMILES string of the molecule is Cl.O=C(NCC1CC1)C1CCCN(C(=O)C2CCNC2)C1. The van der Waals surface area contributed by atoms with Gasteiger partial charge < -0.3 is 15.5 Å². The molecule has 2 unspecified atom stereocenters. The van der Waals surface area contributed by atoms with Crippen LogP contribution in [0.1, 0.15) is 32.1 Å². The van der Waals surface area contributed by atoms with Crippen LogP contribution in [0.25, 0.3) is 0 Å². The summed E-state index contributed by atoms with van der Waals surface area (Å²) in [5, 5.41) is 6.29. The summed E-state index contributed by atoms with van der Waals surface area (Å²) in [6, 6.07) is 0. The van der Waals surface area contributed by atoms with Gasteiger partial charge in [0.1, 0.15) is 0 Å². The van der Waals surface area contributed by atoms with Crippen LogP contribution in [-0.2, 0) is 9.59 Å². The summed E-state index contributed by atoms with van der Waals surface area (Å²) in [6.07, 6.45) is 5.32. The van der Waals surface area contributed by atoms with Gasteiger partial charge in [0.15, 0.2) is 0 Å². The van der Waals surface area contributed by atoms with Gasteiger partial charge in [-0.25, -0.2) is 0 Å². The molecule has 0 radical (unpaired) electrons. The average molecular weight is 316 g/mol. The molecular formula is C15H26ClN3O2. The number of nitrogens with zero attached hydrogens (tertiary/aromatic N) is 1. The van der Waals surface area contributed by atoms with Crippen LogP contribution in [0.15, 0.2) is 0 Å². The summed E-state index contributed by atoms with van der Waals surface area (Å²) in [4.78, 5) is 26.5. The summed E-state index contributed by atoms with van der Waals surface area (Å²) < 4.78 is 0. The smallest absolute Gasteiger partial charge is 0.227 e. The van der Waals surface area contributed by atoms with Crippen LogP contribution in [-0.4, -0.2) is 49.4 Å². The number of likely N-dealkylation sites (tertiary alicyclic amines) is 1. The van der Waals surface area contributed by atoms with Gasteiger partial charge in [-0.1, -0.05) is 0 Å². The van der Waals surface area contributed by atoms with Crippen LogP contribution in [0.2, 0.25) is 0 Å². The molecule has 2 atom stereocenters. The quantitative estimate of drug-likeness (QED) is 0.806. The van der Waals surface area contributed by atoms with E-state index in [1.807, 2.05) is 4.90 Å². The van der Waals surface area contributed by atoms with Crippen LogP contribution >= 0.6 is 12.4 Å². The highest BCUT2D eigenvalue weighted by Crippen LogP contribution is 2.28. The van der Waals surface area contributed by atoms with Crippen LogP contribution in [0.5, 0.6) is 0 Å². The van der Waals surface area contributed by atoms with Gasteiger partial charge in [-0.3, -0.25) is 9.59 Å². The molecule has 6 heteroatoms. The molecule has 2 heterocycles. The Labute approximate surface area is 132 Å². The Kier molecular flexibility index (Phi) is 5.88. The maximum absolute atomic E-state index is 12.4. The van der Waals surface area contributed by atoms with Crippen LogP contribution in [0, 0.1) is 17.8 Å². The predicted molar refractivity (Wildman–Crippen MR) is 83.3 cm³/mol. The van der Waals surface area contributed by atoms with Gasteiger partial charge in [-0.15, -0.1) is 12.4 Å². The van der Waals surface area contributed by atoms with Crippen molar-refractivity contribution in [2.75, 3.05) is 32.7 Å². The Hall–Kier alpha value is -0.810.